The zero-order valence-corrected chi connectivity index (χ0v) is 9.88. The summed E-state index contributed by atoms with van der Waals surface area (Å²) in [6.45, 7) is 1.80. The molecule has 0 aromatic carbocycles. The lowest BCUT2D eigenvalue weighted by Crippen LogP contribution is -1.94. The fraction of sp³-hybridized carbons (Fsp3) is 0.222. The van der Waals surface area contributed by atoms with Crippen molar-refractivity contribution in [3.8, 4) is 11.5 Å². The number of aromatic nitrogens is 1. The van der Waals surface area contributed by atoms with Crippen LogP contribution in [-0.2, 0) is 14.8 Å². The number of hydrogen-bond donors (Lipinski definition) is 0. The minimum absolute atomic E-state index is 0.249. The Hall–Kier alpha value is -1.27. The van der Waals surface area contributed by atoms with Crippen LogP contribution in [0.4, 0.5) is 0 Å². The molecule has 0 unspecified atom stereocenters. The highest BCUT2D eigenvalue weighted by atomic mass is 35.7. The maximum absolute atomic E-state index is 10.8. The van der Waals surface area contributed by atoms with Crippen LogP contribution in [0.1, 0.15) is 11.5 Å². The lowest BCUT2D eigenvalue weighted by atomic mass is 10.3. The van der Waals surface area contributed by atoms with Gasteiger partial charge in [-0.2, -0.15) is 0 Å². The van der Waals surface area contributed by atoms with E-state index in [1.165, 1.54) is 6.07 Å². The van der Waals surface area contributed by atoms with Crippen LogP contribution in [-0.4, -0.2) is 13.6 Å². The van der Waals surface area contributed by atoms with Crippen molar-refractivity contribution < 1.29 is 17.4 Å². The second-order valence-electron chi connectivity index (χ2n) is 3.28. The Labute approximate surface area is 96.4 Å². The van der Waals surface area contributed by atoms with Crippen LogP contribution in [0.5, 0.6) is 0 Å². The minimum atomic E-state index is -3.62. The van der Waals surface area contributed by atoms with Crippen molar-refractivity contribution in [3.05, 3.63) is 29.7 Å². The van der Waals surface area contributed by atoms with Gasteiger partial charge < -0.3 is 8.94 Å². The Balaban J connectivity index is 2.26. The van der Waals surface area contributed by atoms with Gasteiger partial charge in [-0.15, -0.1) is 0 Å². The fourth-order valence-corrected chi connectivity index (χ4v) is 2.06. The van der Waals surface area contributed by atoms with Crippen molar-refractivity contribution in [2.45, 2.75) is 12.7 Å². The highest BCUT2D eigenvalue weighted by molar-refractivity contribution is 8.13. The Morgan fingerprint density at radius 3 is 2.69 bits per heavy atom. The van der Waals surface area contributed by atoms with Gasteiger partial charge in [0.2, 0.25) is 14.8 Å². The van der Waals surface area contributed by atoms with Crippen molar-refractivity contribution in [3.63, 3.8) is 0 Å². The molecule has 86 valence electrons. The van der Waals surface area contributed by atoms with Gasteiger partial charge in [0.25, 0.3) is 0 Å². The van der Waals surface area contributed by atoms with Gasteiger partial charge in [-0.25, -0.2) is 8.42 Å². The third kappa shape index (κ3) is 2.65. The smallest absolute Gasteiger partial charge is 0.238 e. The van der Waals surface area contributed by atoms with Gasteiger partial charge in [-0.1, -0.05) is 5.16 Å². The van der Waals surface area contributed by atoms with Crippen molar-refractivity contribution >= 4 is 19.7 Å². The second kappa shape index (κ2) is 3.95. The molecule has 0 aliphatic heterocycles. The summed E-state index contributed by atoms with van der Waals surface area (Å²) < 4.78 is 31.9. The molecule has 0 radical (unpaired) electrons. The molecule has 0 saturated heterocycles. The van der Waals surface area contributed by atoms with Crippen LogP contribution in [0.25, 0.3) is 11.5 Å². The van der Waals surface area contributed by atoms with Crippen molar-refractivity contribution in [1.29, 1.82) is 0 Å². The predicted molar refractivity (Wildman–Crippen MR) is 57.4 cm³/mol. The van der Waals surface area contributed by atoms with E-state index in [1.807, 2.05) is 0 Å². The van der Waals surface area contributed by atoms with E-state index in [-0.39, 0.29) is 11.4 Å². The fourth-order valence-electron chi connectivity index (χ4n) is 1.24. The largest absolute Gasteiger partial charge is 0.458 e. The first-order valence-corrected chi connectivity index (χ1v) is 6.86. The number of halogens is 1. The summed E-state index contributed by atoms with van der Waals surface area (Å²) in [6.07, 6.45) is 0. The molecule has 0 aliphatic carbocycles. The van der Waals surface area contributed by atoms with Crippen LogP contribution >= 0.6 is 10.7 Å². The summed E-state index contributed by atoms with van der Waals surface area (Å²) in [4.78, 5) is 0. The van der Waals surface area contributed by atoms with Crippen molar-refractivity contribution in [2.24, 2.45) is 0 Å². The van der Waals surface area contributed by atoms with E-state index in [4.69, 9.17) is 19.6 Å². The van der Waals surface area contributed by atoms with E-state index in [0.717, 1.165) is 5.76 Å². The summed E-state index contributed by atoms with van der Waals surface area (Å²) in [6, 6.07) is 4.98. The monoisotopic (exact) mass is 261 g/mol. The topological polar surface area (TPSA) is 73.3 Å². The van der Waals surface area contributed by atoms with Crippen LogP contribution < -0.4 is 0 Å². The van der Waals surface area contributed by atoms with Crippen LogP contribution in [0.3, 0.4) is 0 Å². The van der Waals surface area contributed by atoms with E-state index < -0.39 is 9.05 Å². The molecule has 16 heavy (non-hydrogen) atoms. The molecule has 2 rings (SSSR count). The molecular formula is C9H8ClNO4S. The van der Waals surface area contributed by atoms with E-state index in [0.29, 0.717) is 11.5 Å². The third-order valence-electron chi connectivity index (χ3n) is 1.86. The highest BCUT2D eigenvalue weighted by Gasteiger charge is 2.14. The highest BCUT2D eigenvalue weighted by Crippen LogP contribution is 2.23. The number of aryl methyl sites for hydroxylation is 1. The molecular weight excluding hydrogens is 254 g/mol. The molecule has 0 spiro atoms. The molecule has 2 aromatic rings. The Morgan fingerprint density at radius 2 is 2.12 bits per heavy atom. The molecule has 2 heterocycles. The molecule has 0 amide bonds. The number of furan rings is 1. The molecule has 0 saturated carbocycles. The average molecular weight is 262 g/mol. The summed E-state index contributed by atoms with van der Waals surface area (Å²) in [7, 11) is 1.47. The summed E-state index contributed by atoms with van der Waals surface area (Å²) in [5.41, 5.74) is 0.249. The molecule has 2 aromatic heterocycles. The van der Waals surface area contributed by atoms with Gasteiger partial charge in [-0.3, -0.25) is 0 Å². The molecule has 7 heteroatoms. The zero-order valence-electron chi connectivity index (χ0n) is 8.31. The quantitative estimate of drug-likeness (QED) is 0.793. The van der Waals surface area contributed by atoms with Gasteiger partial charge in [0.1, 0.15) is 17.2 Å². The number of nitrogens with zero attached hydrogens (tertiary/aromatic N) is 1. The summed E-state index contributed by atoms with van der Waals surface area (Å²) in [5.74, 6) is 1.25. The van der Waals surface area contributed by atoms with Crippen LogP contribution in [0, 0.1) is 6.92 Å². The lowest BCUT2D eigenvalue weighted by molar-refractivity contribution is 0.410. The Morgan fingerprint density at radius 1 is 1.38 bits per heavy atom. The van der Waals surface area contributed by atoms with Crippen molar-refractivity contribution in [2.75, 3.05) is 0 Å². The van der Waals surface area contributed by atoms with Gasteiger partial charge in [0.15, 0.2) is 5.76 Å². The normalized spacial score (nSPS) is 11.9. The zero-order chi connectivity index (χ0) is 11.8. The molecule has 0 bridgehead atoms. The van der Waals surface area contributed by atoms with Gasteiger partial charge in [0, 0.05) is 16.7 Å². The Kier molecular flexibility index (Phi) is 2.77. The number of rotatable bonds is 3. The maximum Gasteiger partial charge on any atom is 0.238 e. The average Bonchev–Trinajstić information content (AvgIpc) is 2.71. The SMILES string of the molecule is Cc1ccc(-c2cc(CS(=O)(=O)Cl)no2)o1. The first kappa shape index (κ1) is 11.2. The lowest BCUT2D eigenvalue weighted by Gasteiger charge is -1.87. The van der Waals surface area contributed by atoms with E-state index in [9.17, 15) is 8.42 Å². The first-order chi connectivity index (χ1) is 7.44. The molecule has 0 N–H and O–H groups in total. The van der Waals surface area contributed by atoms with Crippen LogP contribution in [0.15, 0.2) is 27.1 Å². The first-order valence-electron chi connectivity index (χ1n) is 4.39. The van der Waals surface area contributed by atoms with Gasteiger partial charge in [0.05, 0.1) is 0 Å². The molecule has 0 atom stereocenters. The van der Waals surface area contributed by atoms with Crippen LogP contribution in [0.2, 0.25) is 0 Å². The molecule has 0 aliphatic rings. The van der Waals surface area contributed by atoms with E-state index in [1.54, 1.807) is 19.1 Å². The van der Waals surface area contributed by atoms with E-state index in [2.05, 4.69) is 5.16 Å². The third-order valence-corrected chi connectivity index (χ3v) is 2.83. The molecule has 5 nitrogen and oxygen atoms in total. The minimum Gasteiger partial charge on any atom is -0.458 e. The summed E-state index contributed by atoms with van der Waals surface area (Å²) >= 11 is 0. The Bertz CT molecular complexity index is 599. The second-order valence-corrected chi connectivity index (χ2v) is 6.05. The maximum atomic E-state index is 10.8. The number of hydrogen-bond acceptors (Lipinski definition) is 5. The van der Waals surface area contributed by atoms with Gasteiger partial charge >= 0.3 is 0 Å². The molecule has 0 fully saturated rings. The summed E-state index contributed by atoms with van der Waals surface area (Å²) in [5, 5.41) is 3.59. The van der Waals surface area contributed by atoms with Gasteiger partial charge in [-0.05, 0) is 19.1 Å². The van der Waals surface area contributed by atoms with Crippen molar-refractivity contribution in [1.82, 2.24) is 5.16 Å². The van der Waals surface area contributed by atoms with E-state index >= 15 is 0 Å². The standard InChI is InChI=1S/C9H8ClNO4S/c1-6-2-3-8(14-6)9-4-7(11-15-9)5-16(10,12)13/h2-4H,5H2,1H3. The predicted octanol–water partition coefficient (Wildman–Crippen LogP) is 2.31.